The number of benzene rings is 3. The van der Waals surface area contributed by atoms with Crippen LogP contribution < -0.4 is 0 Å². The van der Waals surface area contributed by atoms with Crippen molar-refractivity contribution in [3.8, 4) is 22.4 Å². The van der Waals surface area contributed by atoms with Crippen molar-refractivity contribution in [2.75, 3.05) is 6.26 Å². The van der Waals surface area contributed by atoms with Gasteiger partial charge in [0.25, 0.3) is 0 Å². The molecule has 0 radical (unpaired) electrons. The first-order valence-corrected chi connectivity index (χ1v) is 9.99. The molecule has 4 aromatic rings. The third kappa shape index (κ3) is 3.02. The molecule has 0 aliphatic rings. The van der Waals surface area contributed by atoms with E-state index in [0.717, 1.165) is 27.7 Å². The van der Waals surface area contributed by atoms with Gasteiger partial charge in [-0.05, 0) is 47.5 Å². The minimum atomic E-state index is -3.21. The van der Waals surface area contributed by atoms with Crippen LogP contribution in [0.2, 0.25) is 0 Å². The Morgan fingerprint density at radius 3 is 2.23 bits per heavy atom. The number of rotatable bonds is 3. The Balaban J connectivity index is 1.75. The Kier molecular flexibility index (Phi) is 3.89. The molecule has 1 N–H and O–H groups in total. The topological polar surface area (TPSA) is 49.9 Å². The van der Waals surface area contributed by atoms with Crippen molar-refractivity contribution in [2.45, 2.75) is 4.90 Å². The van der Waals surface area contributed by atoms with Crippen LogP contribution >= 0.6 is 0 Å². The Bertz CT molecular complexity index is 1210. The monoisotopic (exact) mass is 365 g/mol. The number of halogens is 1. The Labute approximate surface area is 151 Å². The van der Waals surface area contributed by atoms with Crippen LogP contribution in [0.3, 0.4) is 0 Å². The Morgan fingerprint density at radius 2 is 1.54 bits per heavy atom. The van der Waals surface area contributed by atoms with Gasteiger partial charge < -0.3 is 4.98 Å². The molecule has 5 heteroatoms. The third-order valence-corrected chi connectivity index (χ3v) is 5.53. The standard InChI is InChI=1S/C21H16FNO2S/c1-26(24,25)17-9-6-14(7-10-17)21-13-16-12-15(8-11-20(16)23-21)18-4-2-3-5-19(18)22/h2-13,23H,1H3. The van der Waals surface area contributed by atoms with Gasteiger partial charge in [0.1, 0.15) is 5.82 Å². The van der Waals surface area contributed by atoms with Crippen molar-refractivity contribution >= 4 is 20.7 Å². The first kappa shape index (κ1) is 16.5. The number of hydrogen-bond donors (Lipinski definition) is 1. The van der Waals surface area contributed by atoms with Crippen LogP contribution in [0, 0.1) is 5.82 Å². The van der Waals surface area contributed by atoms with Gasteiger partial charge in [-0.3, -0.25) is 0 Å². The van der Waals surface area contributed by atoms with Crippen LogP contribution in [0.1, 0.15) is 0 Å². The summed E-state index contributed by atoms with van der Waals surface area (Å²) in [5, 5.41) is 0.966. The van der Waals surface area contributed by atoms with Gasteiger partial charge in [-0.15, -0.1) is 0 Å². The van der Waals surface area contributed by atoms with Gasteiger partial charge in [0.15, 0.2) is 9.84 Å². The molecule has 0 bridgehead atoms. The minimum absolute atomic E-state index is 0.251. The molecule has 26 heavy (non-hydrogen) atoms. The van der Waals surface area contributed by atoms with Gasteiger partial charge in [0.2, 0.25) is 0 Å². The van der Waals surface area contributed by atoms with E-state index in [1.165, 1.54) is 12.3 Å². The van der Waals surface area contributed by atoms with Crippen LogP contribution in [-0.4, -0.2) is 19.7 Å². The average Bonchev–Trinajstić information content (AvgIpc) is 3.05. The average molecular weight is 365 g/mol. The summed E-state index contributed by atoms with van der Waals surface area (Å²) in [7, 11) is -3.21. The summed E-state index contributed by atoms with van der Waals surface area (Å²) < 4.78 is 37.2. The molecule has 1 heterocycles. The second-order valence-electron chi connectivity index (χ2n) is 6.26. The Hall–Kier alpha value is -2.92. The van der Waals surface area contributed by atoms with Crippen molar-refractivity contribution in [3.05, 3.63) is 78.6 Å². The number of nitrogens with one attached hydrogen (secondary N) is 1. The lowest BCUT2D eigenvalue weighted by Gasteiger charge is -2.03. The molecule has 0 spiro atoms. The maximum absolute atomic E-state index is 14.0. The number of hydrogen-bond acceptors (Lipinski definition) is 2. The second kappa shape index (κ2) is 6.11. The van der Waals surface area contributed by atoms with Crippen LogP contribution in [0.25, 0.3) is 33.3 Å². The normalized spacial score (nSPS) is 11.8. The fraction of sp³-hybridized carbons (Fsp3) is 0.0476. The number of fused-ring (bicyclic) bond motifs is 1. The second-order valence-corrected chi connectivity index (χ2v) is 8.28. The van der Waals surface area contributed by atoms with E-state index in [0.29, 0.717) is 10.5 Å². The predicted octanol–water partition coefficient (Wildman–Crippen LogP) is 5.04. The van der Waals surface area contributed by atoms with Crippen molar-refractivity contribution in [1.29, 1.82) is 0 Å². The van der Waals surface area contributed by atoms with Crippen LogP contribution in [-0.2, 0) is 9.84 Å². The van der Waals surface area contributed by atoms with Crippen LogP contribution in [0.15, 0.2) is 77.7 Å². The van der Waals surface area contributed by atoms with Gasteiger partial charge in [0, 0.05) is 28.4 Å². The zero-order valence-corrected chi connectivity index (χ0v) is 14.8. The number of aromatic nitrogens is 1. The zero-order chi connectivity index (χ0) is 18.3. The van der Waals surface area contributed by atoms with Gasteiger partial charge in [-0.25, -0.2) is 12.8 Å². The highest BCUT2D eigenvalue weighted by molar-refractivity contribution is 7.90. The van der Waals surface area contributed by atoms with Gasteiger partial charge >= 0.3 is 0 Å². The SMILES string of the molecule is CS(=O)(=O)c1ccc(-c2cc3cc(-c4ccccc4F)ccc3[nH]2)cc1. The fourth-order valence-corrected chi connectivity index (χ4v) is 3.66. The quantitative estimate of drug-likeness (QED) is 0.553. The number of H-pyrrole nitrogens is 1. The Morgan fingerprint density at radius 1 is 0.846 bits per heavy atom. The molecule has 0 unspecified atom stereocenters. The van der Waals surface area contributed by atoms with Crippen LogP contribution in [0.4, 0.5) is 4.39 Å². The van der Waals surface area contributed by atoms with Gasteiger partial charge in [-0.2, -0.15) is 0 Å². The lowest BCUT2D eigenvalue weighted by molar-refractivity contribution is 0.602. The summed E-state index contributed by atoms with van der Waals surface area (Å²) in [5.74, 6) is -0.251. The molecule has 0 aliphatic carbocycles. The summed E-state index contributed by atoms with van der Waals surface area (Å²) in [4.78, 5) is 3.61. The van der Waals surface area contributed by atoms with Gasteiger partial charge in [-0.1, -0.05) is 36.4 Å². The van der Waals surface area contributed by atoms with Crippen molar-refractivity contribution in [2.24, 2.45) is 0 Å². The van der Waals surface area contributed by atoms with Crippen LogP contribution in [0.5, 0.6) is 0 Å². The number of aromatic amines is 1. The first-order valence-electron chi connectivity index (χ1n) is 8.10. The summed E-state index contributed by atoms with van der Waals surface area (Å²) in [6.07, 6.45) is 1.19. The molecule has 0 aliphatic heterocycles. The number of sulfone groups is 1. The van der Waals surface area contributed by atoms with Gasteiger partial charge in [0.05, 0.1) is 4.90 Å². The summed E-state index contributed by atoms with van der Waals surface area (Å²) in [6.45, 7) is 0. The molecule has 3 nitrogen and oxygen atoms in total. The molecule has 0 fully saturated rings. The smallest absolute Gasteiger partial charge is 0.175 e. The molecule has 3 aromatic carbocycles. The molecule has 4 rings (SSSR count). The molecule has 0 atom stereocenters. The molecule has 1 aromatic heterocycles. The van der Waals surface area contributed by atoms with Crippen molar-refractivity contribution in [1.82, 2.24) is 4.98 Å². The minimum Gasteiger partial charge on any atom is -0.355 e. The van der Waals surface area contributed by atoms with E-state index in [4.69, 9.17) is 0 Å². The highest BCUT2D eigenvalue weighted by atomic mass is 32.2. The summed E-state index contributed by atoms with van der Waals surface area (Å²) in [6, 6.07) is 21.2. The fourth-order valence-electron chi connectivity index (χ4n) is 3.03. The molecule has 0 saturated heterocycles. The van der Waals surface area contributed by atoms with E-state index in [2.05, 4.69) is 4.98 Å². The zero-order valence-electron chi connectivity index (χ0n) is 14.0. The van der Waals surface area contributed by atoms with Crippen molar-refractivity contribution in [3.63, 3.8) is 0 Å². The molecule has 0 saturated carbocycles. The van der Waals surface area contributed by atoms with E-state index in [1.54, 1.807) is 36.4 Å². The molecule has 130 valence electrons. The molecule has 0 amide bonds. The van der Waals surface area contributed by atoms with E-state index < -0.39 is 9.84 Å². The van der Waals surface area contributed by atoms with Crippen molar-refractivity contribution < 1.29 is 12.8 Å². The third-order valence-electron chi connectivity index (χ3n) is 4.40. The highest BCUT2D eigenvalue weighted by Gasteiger charge is 2.10. The van der Waals surface area contributed by atoms with E-state index in [-0.39, 0.29) is 5.82 Å². The van der Waals surface area contributed by atoms with E-state index >= 15 is 0 Å². The summed E-state index contributed by atoms with van der Waals surface area (Å²) in [5.41, 5.74) is 4.09. The summed E-state index contributed by atoms with van der Waals surface area (Å²) >= 11 is 0. The van der Waals surface area contributed by atoms with E-state index in [1.807, 2.05) is 30.3 Å². The lowest BCUT2D eigenvalue weighted by Crippen LogP contribution is -1.96. The maximum Gasteiger partial charge on any atom is 0.175 e. The highest BCUT2D eigenvalue weighted by Crippen LogP contribution is 2.30. The molecular weight excluding hydrogens is 349 g/mol. The lowest BCUT2D eigenvalue weighted by atomic mass is 10.0. The first-order chi connectivity index (χ1) is 12.4. The largest absolute Gasteiger partial charge is 0.355 e. The van der Waals surface area contributed by atoms with E-state index in [9.17, 15) is 12.8 Å². The maximum atomic E-state index is 14.0. The molecular formula is C21H16FNO2S. The predicted molar refractivity (Wildman–Crippen MR) is 102 cm³/mol.